The number of aryl methyl sites for hydroxylation is 2. The number of hydrogen-bond donors (Lipinski definition) is 0. The predicted octanol–water partition coefficient (Wildman–Crippen LogP) is 4.99. The van der Waals surface area contributed by atoms with Gasteiger partial charge >= 0.3 is 0 Å². The van der Waals surface area contributed by atoms with Crippen molar-refractivity contribution >= 4 is 0 Å². The molecule has 138 valence electrons. The van der Waals surface area contributed by atoms with Gasteiger partial charge in [-0.25, -0.2) is 0 Å². The molecule has 0 spiro atoms. The van der Waals surface area contributed by atoms with Gasteiger partial charge in [0, 0.05) is 35.6 Å². The van der Waals surface area contributed by atoms with Crippen molar-refractivity contribution in [3.05, 3.63) is 58.7 Å². The van der Waals surface area contributed by atoms with Crippen molar-refractivity contribution in [2.75, 3.05) is 13.1 Å². The maximum absolute atomic E-state index is 4.99. The monoisotopic (exact) mass is 349 g/mol. The van der Waals surface area contributed by atoms with Crippen LogP contribution in [0.15, 0.2) is 30.3 Å². The summed E-state index contributed by atoms with van der Waals surface area (Å²) in [5, 5.41) is 0. The third-order valence-electron chi connectivity index (χ3n) is 5.98. The summed E-state index contributed by atoms with van der Waals surface area (Å²) < 4.78 is 0. The Hall–Kier alpha value is -1.74. The second-order valence-electron chi connectivity index (χ2n) is 8.40. The van der Waals surface area contributed by atoms with Crippen LogP contribution >= 0.6 is 0 Å². The zero-order valence-electron chi connectivity index (χ0n) is 16.4. The molecule has 1 saturated carbocycles. The molecule has 1 aliphatic carbocycles. The summed E-state index contributed by atoms with van der Waals surface area (Å²) in [6.45, 7) is 8.91. The minimum absolute atomic E-state index is 0.414. The van der Waals surface area contributed by atoms with E-state index in [4.69, 9.17) is 4.98 Å². The van der Waals surface area contributed by atoms with E-state index in [1.165, 1.54) is 62.1 Å². The highest BCUT2D eigenvalue weighted by Gasteiger charge is 2.28. The third-order valence-corrected chi connectivity index (χ3v) is 5.98. The first-order valence-corrected chi connectivity index (χ1v) is 10.2. The van der Waals surface area contributed by atoms with E-state index in [1.54, 1.807) is 0 Å². The van der Waals surface area contributed by atoms with Crippen LogP contribution < -0.4 is 0 Å². The highest BCUT2D eigenvalue weighted by atomic mass is 15.2. The molecule has 3 heteroatoms. The molecule has 2 aromatic rings. The smallest absolute Gasteiger partial charge is 0.0576 e. The van der Waals surface area contributed by atoms with Crippen molar-refractivity contribution in [1.29, 1.82) is 0 Å². The van der Waals surface area contributed by atoms with Crippen LogP contribution in [0.25, 0.3) is 0 Å². The summed E-state index contributed by atoms with van der Waals surface area (Å²) in [5.74, 6) is 1.47. The largest absolute Gasteiger partial charge is 0.295 e. The molecule has 0 radical (unpaired) electrons. The lowest BCUT2D eigenvalue weighted by Crippen LogP contribution is -2.38. The van der Waals surface area contributed by atoms with E-state index in [9.17, 15) is 0 Å². The maximum Gasteiger partial charge on any atom is 0.0576 e. The third kappa shape index (κ3) is 4.15. The van der Waals surface area contributed by atoms with Gasteiger partial charge in [-0.05, 0) is 95.2 Å². The van der Waals surface area contributed by atoms with Gasteiger partial charge in [0.1, 0.15) is 0 Å². The fraction of sp³-hybridized carbons (Fsp3) is 0.565. The molecule has 3 heterocycles. The first-order chi connectivity index (χ1) is 12.6. The van der Waals surface area contributed by atoms with Gasteiger partial charge in [-0.2, -0.15) is 0 Å². The Balaban J connectivity index is 1.43. The number of hydrogen-bond acceptors (Lipinski definition) is 3. The lowest BCUT2D eigenvalue weighted by Gasteiger charge is -2.37. The zero-order chi connectivity index (χ0) is 18.1. The Bertz CT molecular complexity index is 746. The maximum atomic E-state index is 4.99. The van der Waals surface area contributed by atoms with Gasteiger partial charge in [0.2, 0.25) is 0 Å². The molecule has 2 aliphatic rings. The second kappa shape index (κ2) is 7.48. The van der Waals surface area contributed by atoms with Crippen molar-refractivity contribution < 1.29 is 0 Å². The lowest BCUT2D eigenvalue weighted by atomic mass is 9.90. The minimum atomic E-state index is 0.414. The van der Waals surface area contributed by atoms with Crippen LogP contribution in [0.5, 0.6) is 0 Å². The molecule has 1 saturated heterocycles. The van der Waals surface area contributed by atoms with E-state index < -0.39 is 0 Å². The Kier molecular flexibility index (Phi) is 5.08. The lowest BCUT2D eigenvalue weighted by molar-refractivity contribution is 0.129. The van der Waals surface area contributed by atoms with E-state index in [0.717, 1.165) is 23.2 Å². The molecule has 0 amide bonds. The quantitative estimate of drug-likeness (QED) is 0.762. The Morgan fingerprint density at radius 3 is 2.58 bits per heavy atom. The number of pyridine rings is 2. The number of likely N-dealkylation sites (tertiary alicyclic amines) is 1. The molecule has 2 fully saturated rings. The van der Waals surface area contributed by atoms with Gasteiger partial charge in [0.15, 0.2) is 0 Å². The van der Waals surface area contributed by atoms with Gasteiger partial charge in [-0.3, -0.25) is 14.9 Å². The fourth-order valence-electron chi connectivity index (χ4n) is 4.48. The van der Waals surface area contributed by atoms with Crippen LogP contribution in [-0.2, 0) is 6.42 Å². The Morgan fingerprint density at radius 1 is 1.08 bits per heavy atom. The van der Waals surface area contributed by atoms with Gasteiger partial charge in [-0.15, -0.1) is 0 Å². The van der Waals surface area contributed by atoms with Gasteiger partial charge in [0.05, 0.1) is 5.69 Å². The molecule has 1 aliphatic heterocycles. The standard InChI is InChI=1S/C23H31N3/c1-16-12-20(13-17(2)24-16)14-19-6-5-11-26(15-19)18(3)22-7-4-8-23(25-22)21-9-10-21/h4,7-8,12-13,18-19,21H,5-6,9-11,14-15H2,1-3H3/t18-,19+/m0/s1. The second-order valence-corrected chi connectivity index (χ2v) is 8.40. The van der Waals surface area contributed by atoms with Crippen LogP contribution in [-0.4, -0.2) is 28.0 Å². The van der Waals surface area contributed by atoms with E-state index in [-0.39, 0.29) is 0 Å². The van der Waals surface area contributed by atoms with Crippen molar-refractivity contribution in [2.45, 2.75) is 64.8 Å². The van der Waals surface area contributed by atoms with E-state index in [1.807, 2.05) is 0 Å². The minimum Gasteiger partial charge on any atom is -0.295 e. The van der Waals surface area contributed by atoms with Crippen molar-refractivity contribution in [2.24, 2.45) is 5.92 Å². The van der Waals surface area contributed by atoms with E-state index >= 15 is 0 Å². The normalized spacial score (nSPS) is 22.3. The van der Waals surface area contributed by atoms with Crippen LogP contribution in [0.3, 0.4) is 0 Å². The average molecular weight is 350 g/mol. The predicted molar refractivity (Wildman–Crippen MR) is 106 cm³/mol. The van der Waals surface area contributed by atoms with Gasteiger partial charge < -0.3 is 0 Å². The molecule has 0 bridgehead atoms. The van der Waals surface area contributed by atoms with Crippen LogP contribution in [0.4, 0.5) is 0 Å². The first kappa shape index (κ1) is 17.7. The Labute approximate surface area is 157 Å². The highest BCUT2D eigenvalue weighted by Crippen LogP contribution is 2.39. The summed E-state index contributed by atoms with van der Waals surface area (Å²) in [6.07, 6.45) is 6.44. The molecular formula is C23H31N3. The van der Waals surface area contributed by atoms with Crippen molar-refractivity contribution in [3.8, 4) is 0 Å². The zero-order valence-corrected chi connectivity index (χ0v) is 16.4. The summed E-state index contributed by atoms with van der Waals surface area (Å²) in [7, 11) is 0. The van der Waals surface area contributed by atoms with Gasteiger partial charge in [-0.1, -0.05) is 6.07 Å². The molecule has 26 heavy (non-hydrogen) atoms. The molecular weight excluding hydrogens is 318 g/mol. The summed E-state index contributed by atoms with van der Waals surface area (Å²) in [6, 6.07) is 11.6. The Morgan fingerprint density at radius 2 is 1.85 bits per heavy atom. The van der Waals surface area contributed by atoms with Crippen LogP contribution in [0.1, 0.15) is 72.9 Å². The summed E-state index contributed by atoms with van der Waals surface area (Å²) >= 11 is 0. The molecule has 0 unspecified atom stereocenters. The molecule has 4 rings (SSSR count). The highest BCUT2D eigenvalue weighted by molar-refractivity contribution is 5.22. The molecule has 3 nitrogen and oxygen atoms in total. The molecule has 0 aromatic carbocycles. The average Bonchev–Trinajstić information content (AvgIpc) is 3.46. The van der Waals surface area contributed by atoms with Crippen LogP contribution in [0.2, 0.25) is 0 Å². The van der Waals surface area contributed by atoms with E-state index in [2.05, 4.69) is 61.0 Å². The number of piperidine rings is 1. The van der Waals surface area contributed by atoms with Crippen LogP contribution in [0, 0.1) is 19.8 Å². The molecule has 2 atom stereocenters. The summed E-state index contributed by atoms with van der Waals surface area (Å²) in [4.78, 5) is 12.2. The fourth-order valence-corrected chi connectivity index (χ4v) is 4.48. The SMILES string of the molecule is Cc1cc(C[C@H]2CCCN([C@@H](C)c3cccc(C4CC4)n3)C2)cc(C)n1. The molecule has 0 N–H and O–H groups in total. The summed E-state index contributed by atoms with van der Waals surface area (Å²) in [5.41, 5.74) is 6.30. The van der Waals surface area contributed by atoms with E-state index in [0.29, 0.717) is 6.04 Å². The number of nitrogens with zero attached hydrogens (tertiary/aromatic N) is 3. The van der Waals surface area contributed by atoms with Crippen molar-refractivity contribution in [3.63, 3.8) is 0 Å². The van der Waals surface area contributed by atoms with Gasteiger partial charge in [0.25, 0.3) is 0 Å². The number of rotatable bonds is 5. The first-order valence-electron chi connectivity index (χ1n) is 10.2. The molecule has 2 aromatic heterocycles. The van der Waals surface area contributed by atoms with Crippen molar-refractivity contribution in [1.82, 2.24) is 14.9 Å². The number of aromatic nitrogens is 2. The topological polar surface area (TPSA) is 29.0 Å².